The maximum atomic E-state index is 13.7. The smallest absolute Gasteiger partial charge is 0.401 e. The zero-order valence-corrected chi connectivity index (χ0v) is 21.3. The van der Waals surface area contributed by atoms with Crippen molar-refractivity contribution in [2.45, 2.75) is 38.3 Å². The van der Waals surface area contributed by atoms with E-state index in [1.54, 1.807) is 54.7 Å². The van der Waals surface area contributed by atoms with Crippen LogP contribution in [0.3, 0.4) is 0 Å². The Labute approximate surface area is 227 Å². The molecule has 10 nitrogen and oxygen atoms in total. The van der Waals surface area contributed by atoms with Crippen molar-refractivity contribution in [2.75, 3.05) is 18.0 Å². The van der Waals surface area contributed by atoms with E-state index in [4.69, 9.17) is 4.42 Å². The molecule has 0 unspecified atom stereocenters. The Morgan fingerprint density at radius 2 is 1.77 bits per heavy atom. The van der Waals surface area contributed by atoms with Crippen molar-refractivity contribution in [1.29, 1.82) is 0 Å². The summed E-state index contributed by atoms with van der Waals surface area (Å²) in [5.41, 5.74) is -1.14. The third kappa shape index (κ3) is 6.03. The fourth-order valence-corrected chi connectivity index (χ4v) is 4.63. The molecule has 0 spiro atoms. The van der Waals surface area contributed by atoms with Gasteiger partial charge in [-0.3, -0.25) is 19.5 Å². The second-order valence-electron chi connectivity index (χ2n) is 9.35. The molecule has 0 aliphatic heterocycles. The second kappa shape index (κ2) is 11.7. The van der Waals surface area contributed by atoms with Gasteiger partial charge in [-0.05, 0) is 37.1 Å². The summed E-state index contributed by atoms with van der Waals surface area (Å²) in [5.74, 6) is -1.35. The van der Waals surface area contributed by atoms with Crippen molar-refractivity contribution >= 4 is 17.8 Å². The van der Waals surface area contributed by atoms with Crippen molar-refractivity contribution in [3.8, 4) is 17.3 Å². The lowest BCUT2D eigenvalue weighted by atomic mass is 9.88. The van der Waals surface area contributed by atoms with Crippen LogP contribution in [0, 0.1) is 5.92 Å². The summed E-state index contributed by atoms with van der Waals surface area (Å²) < 4.78 is 47.9. The molecular formula is C27H26F3N7O3. The molecule has 13 heteroatoms. The number of nitrogens with one attached hydrogen (secondary N) is 1. The molecule has 1 aliphatic carbocycles. The van der Waals surface area contributed by atoms with Gasteiger partial charge >= 0.3 is 12.2 Å². The molecular weight excluding hydrogens is 527 g/mol. The van der Waals surface area contributed by atoms with E-state index in [9.17, 15) is 22.8 Å². The van der Waals surface area contributed by atoms with Crippen LogP contribution < -0.4 is 10.2 Å². The summed E-state index contributed by atoms with van der Waals surface area (Å²) in [5, 5.41) is 14.1. The Hall–Kier alpha value is -4.55. The quantitative estimate of drug-likeness (QED) is 0.337. The van der Waals surface area contributed by atoms with E-state index in [0.29, 0.717) is 24.2 Å². The highest BCUT2D eigenvalue weighted by Crippen LogP contribution is 2.32. The van der Waals surface area contributed by atoms with Gasteiger partial charge in [-0.15, -0.1) is 5.10 Å². The molecule has 3 aromatic heterocycles. The van der Waals surface area contributed by atoms with Crippen LogP contribution in [0.5, 0.6) is 0 Å². The number of rotatable bonds is 8. The third-order valence-electron chi connectivity index (χ3n) is 6.62. The number of hydrogen-bond acceptors (Lipinski definition) is 7. The maximum Gasteiger partial charge on any atom is 0.435 e. The summed E-state index contributed by atoms with van der Waals surface area (Å²) in [6.45, 7) is -0.245. The van der Waals surface area contributed by atoms with Gasteiger partial charge in [0.2, 0.25) is 5.91 Å². The van der Waals surface area contributed by atoms with Crippen LogP contribution in [0.25, 0.3) is 17.3 Å². The minimum atomic E-state index is -4.85. The number of anilines is 1. The molecule has 208 valence electrons. The van der Waals surface area contributed by atoms with E-state index >= 15 is 0 Å². The largest absolute Gasteiger partial charge is 0.435 e. The van der Waals surface area contributed by atoms with Crippen LogP contribution in [0.1, 0.15) is 48.2 Å². The Balaban J connectivity index is 1.34. The minimum Gasteiger partial charge on any atom is -0.401 e. The van der Waals surface area contributed by atoms with Crippen LogP contribution >= 0.6 is 0 Å². The van der Waals surface area contributed by atoms with Crippen LogP contribution in [0.4, 0.5) is 19.2 Å². The SMILES string of the molecule is O=C(NCCN(C(=O)C1CCCCC1)c1nnc(-c2ccccn2)o1)c1cn(-c2ccccc2)nc1C(F)(F)F. The molecule has 0 radical (unpaired) electrons. The Kier molecular flexibility index (Phi) is 7.89. The van der Waals surface area contributed by atoms with Crippen molar-refractivity contribution in [1.82, 2.24) is 30.3 Å². The average molecular weight is 554 g/mol. The summed E-state index contributed by atoms with van der Waals surface area (Å²) in [6, 6.07) is 13.3. The molecule has 1 N–H and O–H groups in total. The molecule has 0 bridgehead atoms. The number of pyridine rings is 1. The van der Waals surface area contributed by atoms with Gasteiger partial charge in [-0.1, -0.05) is 48.6 Å². The van der Waals surface area contributed by atoms with Gasteiger partial charge in [0.25, 0.3) is 11.8 Å². The van der Waals surface area contributed by atoms with Gasteiger partial charge in [0.15, 0.2) is 5.69 Å². The number of para-hydroxylation sites is 1. The van der Waals surface area contributed by atoms with Gasteiger partial charge in [0.05, 0.1) is 11.3 Å². The summed E-state index contributed by atoms with van der Waals surface area (Å²) in [7, 11) is 0. The highest BCUT2D eigenvalue weighted by molar-refractivity contribution is 5.96. The monoisotopic (exact) mass is 553 g/mol. The summed E-state index contributed by atoms with van der Waals surface area (Å²) in [4.78, 5) is 31.8. The number of hydrogen-bond donors (Lipinski definition) is 1. The van der Waals surface area contributed by atoms with Gasteiger partial charge in [-0.25, -0.2) is 4.68 Å². The van der Waals surface area contributed by atoms with Crippen LogP contribution in [-0.2, 0) is 11.0 Å². The predicted molar refractivity (Wildman–Crippen MR) is 137 cm³/mol. The molecule has 4 aromatic rings. The Morgan fingerprint density at radius 3 is 2.48 bits per heavy atom. The maximum absolute atomic E-state index is 13.7. The first-order valence-electron chi connectivity index (χ1n) is 12.9. The van der Waals surface area contributed by atoms with Crippen molar-refractivity contribution in [2.24, 2.45) is 5.92 Å². The first-order chi connectivity index (χ1) is 19.3. The minimum absolute atomic E-state index is 0.0710. The highest BCUT2D eigenvalue weighted by atomic mass is 19.4. The van der Waals surface area contributed by atoms with Gasteiger partial charge in [-0.2, -0.15) is 18.3 Å². The summed E-state index contributed by atoms with van der Waals surface area (Å²) >= 11 is 0. The van der Waals surface area contributed by atoms with Crippen molar-refractivity contribution in [3.05, 3.63) is 72.2 Å². The molecule has 2 amide bonds. The number of carbonyl (C=O) groups excluding carboxylic acids is 2. The standard InChI is InChI=1S/C27H26F3N7O3/c28-27(29,30)22-20(17-37(35-22)19-11-5-2-6-12-19)23(38)32-15-16-36(25(39)18-9-3-1-4-10-18)26-34-33-24(40-26)21-13-7-8-14-31-21/h2,5-8,11-14,17-18H,1,3-4,9-10,15-16H2,(H,32,38). The Bertz CT molecular complexity index is 1450. The van der Waals surface area contributed by atoms with E-state index in [2.05, 4.69) is 25.6 Å². The fourth-order valence-electron chi connectivity index (χ4n) is 4.63. The molecule has 1 aliphatic rings. The topological polar surface area (TPSA) is 119 Å². The molecule has 0 atom stereocenters. The van der Waals surface area contributed by atoms with Gasteiger partial charge < -0.3 is 9.73 Å². The average Bonchev–Trinajstić information content (AvgIpc) is 3.65. The van der Waals surface area contributed by atoms with Crippen LogP contribution in [0.15, 0.2) is 65.3 Å². The van der Waals surface area contributed by atoms with Crippen LogP contribution in [-0.4, -0.2) is 49.9 Å². The van der Waals surface area contributed by atoms with E-state index in [1.165, 1.54) is 4.90 Å². The number of aromatic nitrogens is 5. The normalized spacial score (nSPS) is 14.2. The van der Waals surface area contributed by atoms with E-state index in [-0.39, 0.29) is 36.8 Å². The molecule has 5 rings (SSSR count). The lowest BCUT2D eigenvalue weighted by molar-refractivity contribution is -0.141. The molecule has 1 fully saturated rings. The number of benzene rings is 1. The molecule has 1 aromatic carbocycles. The molecule has 0 saturated heterocycles. The van der Waals surface area contributed by atoms with E-state index in [1.807, 2.05) is 0 Å². The van der Waals surface area contributed by atoms with E-state index in [0.717, 1.165) is 30.1 Å². The molecule has 3 heterocycles. The highest BCUT2D eigenvalue weighted by Gasteiger charge is 2.39. The first kappa shape index (κ1) is 27.0. The first-order valence-corrected chi connectivity index (χ1v) is 12.9. The number of carbonyl (C=O) groups is 2. The lowest BCUT2D eigenvalue weighted by Crippen LogP contribution is -2.42. The fraction of sp³-hybridized carbons (Fsp3) is 0.333. The van der Waals surface area contributed by atoms with E-state index < -0.39 is 23.3 Å². The third-order valence-corrected chi connectivity index (χ3v) is 6.62. The Morgan fingerprint density at radius 1 is 1.02 bits per heavy atom. The second-order valence-corrected chi connectivity index (χ2v) is 9.35. The van der Waals surface area contributed by atoms with Crippen molar-refractivity contribution in [3.63, 3.8) is 0 Å². The zero-order chi connectivity index (χ0) is 28.1. The number of halogens is 3. The predicted octanol–water partition coefficient (Wildman–Crippen LogP) is 4.68. The zero-order valence-electron chi connectivity index (χ0n) is 21.3. The molecule has 1 saturated carbocycles. The number of nitrogens with zero attached hydrogens (tertiary/aromatic N) is 6. The number of amides is 2. The van der Waals surface area contributed by atoms with Gasteiger partial charge in [0.1, 0.15) is 5.69 Å². The lowest BCUT2D eigenvalue weighted by Gasteiger charge is -2.26. The van der Waals surface area contributed by atoms with Crippen LogP contribution in [0.2, 0.25) is 0 Å². The summed E-state index contributed by atoms with van der Waals surface area (Å²) in [6.07, 6.45) is 2.03. The molecule has 40 heavy (non-hydrogen) atoms. The number of alkyl halides is 3. The van der Waals surface area contributed by atoms with Gasteiger partial charge in [0, 0.05) is 31.4 Å². The van der Waals surface area contributed by atoms with Crippen molar-refractivity contribution < 1.29 is 27.2 Å².